The molecule has 0 fully saturated rings. The maximum Gasteiger partial charge on any atom is 0.230 e. The van der Waals surface area contributed by atoms with Gasteiger partial charge in [0.25, 0.3) is 0 Å². The number of nitrogens with one attached hydrogen (secondary N) is 2. The van der Waals surface area contributed by atoms with Crippen molar-refractivity contribution >= 4 is 22.8 Å². The number of anilines is 1. The lowest BCUT2D eigenvalue weighted by Gasteiger charge is -2.10. The maximum atomic E-state index is 7.35. The lowest BCUT2D eigenvalue weighted by Crippen LogP contribution is -2.22. The molecule has 4 N–H and O–H groups in total. The van der Waals surface area contributed by atoms with Crippen LogP contribution in [0.5, 0.6) is 5.75 Å². The first kappa shape index (κ1) is 13.8. The Bertz CT molecular complexity index is 833. The normalized spacial score (nSPS) is 10.4. The van der Waals surface area contributed by atoms with Gasteiger partial charge in [-0.05, 0) is 18.2 Å². The van der Waals surface area contributed by atoms with E-state index in [1.54, 1.807) is 7.11 Å². The quantitative estimate of drug-likeness (QED) is 0.509. The van der Waals surface area contributed by atoms with Crippen LogP contribution in [0.4, 0.5) is 5.95 Å². The van der Waals surface area contributed by atoms with Crippen molar-refractivity contribution < 1.29 is 4.74 Å². The molecular formula is C16H15N5O. The van der Waals surface area contributed by atoms with Crippen LogP contribution in [0.3, 0.4) is 0 Å². The van der Waals surface area contributed by atoms with E-state index in [1.807, 2.05) is 48.5 Å². The molecule has 0 aliphatic carbocycles. The molecule has 0 atom stereocenters. The highest BCUT2D eigenvalue weighted by molar-refractivity contribution is 5.96. The van der Waals surface area contributed by atoms with E-state index < -0.39 is 0 Å². The second-order valence-corrected chi connectivity index (χ2v) is 4.68. The molecule has 22 heavy (non-hydrogen) atoms. The van der Waals surface area contributed by atoms with Gasteiger partial charge in [-0.15, -0.1) is 0 Å². The molecule has 0 saturated heterocycles. The SMILES string of the molecule is COc1ccc2nc(NC(=N)N)nc(-c3ccccc3)c2c1. The Kier molecular flexibility index (Phi) is 3.57. The number of nitrogens with two attached hydrogens (primary N) is 1. The predicted molar refractivity (Wildman–Crippen MR) is 87.1 cm³/mol. The van der Waals surface area contributed by atoms with E-state index in [2.05, 4.69) is 15.3 Å². The van der Waals surface area contributed by atoms with Gasteiger partial charge in [-0.3, -0.25) is 10.7 Å². The molecule has 0 bridgehead atoms. The van der Waals surface area contributed by atoms with E-state index in [9.17, 15) is 0 Å². The third kappa shape index (κ3) is 2.67. The van der Waals surface area contributed by atoms with Crippen molar-refractivity contribution in [1.82, 2.24) is 9.97 Å². The van der Waals surface area contributed by atoms with Crippen molar-refractivity contribution in [2.45, 2.75) is 0 Å². The van der Waals surface area contributed by atoms with Crippen molar-refractivity contribution in [3.8, 4) is 17.0 Å². The zero-order chi connectivity index (χ0) is 15.5. The molecule has 2 aromatic carbocycles. The third-order valence-corrected chi connectivity index (χ3v) is 3.20. The van der Waals surface area contributed by atoms with Gasteiger partial charge in [0.05, 0.1) is 18.3 Å². The smallest absolute Gasteiger partial charge is 0.230 e. The molecule has 0 saturated carbocycles. The monoisotopic (exact) mass is 293 g/mol. The van der Waals surface area contributed by atoms with E-state index in [1.165, 1.54) is 0 Å². The Morgan fingerprint density at radius 3 is 2.59 bits per heavy atom. The Balaban J connectivity index is 2.27. The molecule has 1 heterocycles. The van der Waals surface area contributed by atoms with Gasteiger partial charge >= 0.3 is 0 Å². The highest BCUT2D eigenvalue weighted by Crippen LogP contribution is 2.29. The van der Waals surface area contributed by atoms with Crippen molar-refractivity contribution in [2.24, 2.45) is 5.73 Å². The van der Waals surface area contributed by atoms with Gasteiger partial charge in [-0.25, -0.2) is 9.97 Å². The minimum absolute atomic E-state index is 0.202. The van der Waals surface area contributed by atoms with Gasteiger partial charge in [0.1, 0.15) is 5.75 Å². The summed E-state index contributed by atoms with van der Waals surface area (Å²) in [5.74, 6) is 0.830. The Morgan fingerprint density at radius 1 is 1.14 bits per heavy atom. The Labute approximate surface area is 127 Å². The lowest BCUT2D eigenvalue weighted by molar-refractivity contribution is 0.415. The molecule has 6 nitrogen and oxygen atoms in total. The fraction of sp³-hybridized carbons (Fsp3) is 0.0625. The number of aromatic nitrogens is 2. The largest absolute Gasteiger partial charge is 0.497 e. The summed E-state index contributed by atoms with van der Waals surface area (Å²) in [6.07, 6.45) is 0. The minimum atomic E-state index is -0.202. The van der Waals surface area contributed by atoms with E-state index in [4.69, 9.17) is 15.9 Å². The number of hydrogen-bond acceptors (Lipinski definition) is 4. The second-order valence-electron chi connectivity index (χ2n) is 4.68. The van der Waals surface area contributed by atoms with E-state index in [-0.39, 0.29) is 5.96 Å². The minimum Gasteiger partial charge on any atom is -0.497 e. The summed E-state index contributed by atoms with van der Waals surface area (Å²) in [6, 6.07) is 15.4. The van der Waals surface area contributed by atoms with Gasteiger partial charge in [-0.2, -0.15) is 0 Å². The molecule has 0 radical (unpaired) electrons. The fourth-order valence-electron chi connectivity index (χ4n) is 2.23. The topological polar surface area (TPSA) is 96.9 Å². The average Bonchev–Trinajstić information content (AvgIpc) is 2.54. The molecule has 3 aromatic rings. The van der Waals surface area contributed by atoms with Crippen LogP contribution < -0.4 is 15.8 Å². The number of ether oxygens (including phenoxy) is 1. The first-order valence-corrected chi connectivity index (χ1v) is 6.69. The van der Waals surface area contributed by atoms with Crippen molar-refractivity contribution in [3.05, 3.63) is 48.5 Å². The van der Waals surface area contributed by atoms with Gasteiger partial charge in [0.2, 0.25) is 5.95 Å². The van der Waals surface area contributed by atoms with Crippen LogP contribution in [0, 0.1) is 5.41 Å². The summed E-state index contributed by atoms with van der Waals surface area (Å²) < 4.78 is 5.28. The van der Waals surface area contributed by atoms with E-state index in [0.29, 0.717) is 5.95 Å². The zero-order valence-electron chi connectivity index (χ0n) is 12.0. The second kappa shape index (κ2) is 5.69. The van der Waals surface area contributed by atoms with Crippen molar-refractivity contribution in [2.75, 3.05) is 12.4 Å². The molecule has 0 amide bonds. The number of fused-ring (bicyclic) bond motifs is 1. The molecule has 0 aliphatic heterocycles. The molecule has 3 rings (SSSR count). The van der Waals surface area contributed by atoms with Crippen LogP contribution in [-0.4, -0.2) is 23.0 Å². The maximum absolute atomic E-state index is 7.35. The Hall–Kier alpha value is -3.15. The molecule has 110 valence electrons. The summed E-state index contributed by atoms with van der Waals surface area (Å²) in [4.78, 5) is 8.87. The lowest BCUT2D eigenvalue weighted by atomic mass is 10.1. The van der Waals surface area contributed by atoms with E-state index >= 15 is 0 Å². The van der Waals surface area contributed by atoms with Crippen LogP contribution in [0.15, 0.2) is 48.5 Å². The van der Waals surface area contributed by atoms with Crippen LogP contribution >= 0.6 is 0 Å². The zero-order valence-corrected chi connectivity index (χ0v) is 12.0. The number of hydrogen-bond donors (Lipinski definition) is 3. The van der Waals surface area contributed by atoms with Gasteiger partial charge < -0.3 is 10.5 Å². The van der Waals surface area contributed by atoms with Gasteiger partial charge in [0.15, 0.2) is 5.96 Å². The molecule has 1 aromatic heterocycles. The highest BCUT2D eigenvalue weighted by atomic mass is 16.5. The highest BCUT2D eigenvalue weighted by Gasteiger charge is 2.11. The summed E-state index contributed by atoms with van der Waals surface area (Å²) in [5, 5.41) is 10.9. The summed E-state index contributed by atoms with van der Waals surface area (Å²) in [7, 11) is 1.62. The number of rotatable bonds is 3. The molecule has 0 spiro atoms. The van der Waals surface area contributed by atoms with Gasteiger partial charge in [0, 0.05) is 10.9 Å². The van der Waals surface area contributed by atoms with E-state index in [0.717, 1.165) is 27.9 Å². The van der Waals surface area contributed by atoms with Crippen LogP contribution in [0.25, 0.3) is 22.2 Å². The van der Waals surface area contributed by atoms with Crippen LogP contribution in [0.1, 0.15) is 0 Å². The summed E-state index contributed by atoms with van der Waals surface area (Å²) in [5.41, 5.74) is 7.83. The number of benzene rings is 2. The number of methoxy groups -OCH3 is 1. The molecule has 0 aliphatic rings. The van der Waals surface area contributed by atoms with Gasteiger partial charge in [-0.1, -0.05) is 30.3 Å². The van der Waals surface area contributed by atoms with Crippen LogP contribution in [0.2, 0.25) is 0 Å². The predicted octanol–water partition coefficient (Wildman–Crippen LogP) is 2.61. The van der Waals surface area contributed by atoms with Crippen LogP contribution in [-0.2, 0) is 0 Å². The summed E-state index contributed by atoms with van der Waals surface area (Å²) in [6.45, 7) is 0. The standard InChI is InChI=1S/C16H15N5O/c1-22-11-7-8-13-12(9-11)14(10-5-3-2-4-6-10)20-16(19-13)21-15(17)18/h2-9H,1H3,(H4,17,18,19,20,21). The molecule has 6 heteroatoms. The Morgan fingerprint density at radius 2 is 1.91 bits per heavy atom. The molecule has 0 unspecified atom stereocenters. The van der Waals surface area contributed by atoms with Crippen molar-refractivity contribution in [3.63, 3.8) is 0 Å². The first-order valence-electron chi connectivity index (χ1n) is 6.69. The molecular weight excluding hydrogens is 278 g/mol. The first-order chi connectivity index (χ1) is 10.7. The summed E-state index contributed by atoms with van der Waals surface area (Å²) >= 11 is 0. The third-order valence-electron chi connectivity index (χ3n) is 3.20. The number of guanidine groups is 1. The number of nitrogens with zero attached hydrogens (tertiary/aromatic N) is 2. The van der Waals surface area contributed by atoms with Crippen molar-refractivity contribution in [1.29, 1.82) is 5.41 Å². The fourth-order valence-corrected chi connectivity index (χ4v) is 2.23. The average molecular weight is 293 g/mol.